The number of rotatable bonds is 3. The molecule has 1 aromatic heterocycles. The van der Waals surface area contributed by atoms with E-state index >= 15 is 0 Å². The van der Waals surface area contributed by atoms with E-state index in [0.29, 0.717) is 11.3 Å². The molecule has 0 spiro atoms. The van der Waals surface area contributed by atoms with Crippen molar-refractivity contribution in [3.63, 3.8) is 0 Å². The van der Waals surface area contributed by atoms with Gasteiger partial charge in [0.15, 0.2) is 5.76 Å². The van der Waals surface area contributed by atoms with E-state index in [4.69, 9.17) is 9.63 Å². The van der Waals surface area contributed by atoms with Gasteiger partial charge in [0.05, 0.1) is 6.20 Å². The third kappa shape index (κ3) is 2.30. The Kier molecular flexibility index (Phi) is 3.05. The summed E-state index contributed by atoms with van der Waals surface area (Å²) >= 11 is 3.36. The van der Waals surface area contributed by atoms with Crippen LogP contribution in [0.25, 0.3) is 11.1 Å². The van der Waals surface area contributed by atoms with Gasteiger partial charge in [-0.1, -0.05) is 33.2 Å². The molecule has 0 amide bonds. The molecule has 0 fully saturated rings. The number of aromatic nitrogens is 1. The molecule has 0 aliphatic rings. The minimum atomic E-state index is -0.937. The summed E-state index contributed by atoms with van der Waals surface area (Å²) < 4.78 is 5.85. The lowest BCUT2D eigenvalue weighted by atomic mass is 10.1. The van der Waals surface area contributed by atoms with Crippen molar-refractivity contribution in [2.75, 3.05) is 0 Å². The van der Waals surface area contributed by atoms with E-state index in [1.165, 1.54) is 6.20 Å². The Hall–Kier alpha value is -1.62. The monoisotopic (exact) mass is 281 g/mol. The minimum Gasteiger partial charge on any atom is -0.481 e. The molecule has 82 valence electrons. The number of benzene rings is 1. The van der Waals surface area contributed by atoms with Crippen molar-refractivity contribution in [1.82, 2.24) is 5.16 Å². The molecule has 0 aliphatic heterocycles. The van der Waals surface area contributed by atoms with Crippen molar-refractivity contribution in [1.29, 1.82) is 0 Å². The van der Waals surface area contributed by atoms with E-state index in [1.807, 2.05) is 24.3 Å². The van der Waals surface area contributed by atoms with Gasteiger partial charge in [0.2, 0.25) is 0 Å². The lowest BCUT2D eigenvalue weighted by Crippen LogP contribution is -1.99. The van der Waals surface area contributed by atoms with Crippen molar-refractivity contribution in [2.45, 2.75) is 6.42 Å². The predicted molar refractivity (Wildman–Crippen MR) is 61.0 cm³/mol. The number of carboxylic acids is 1. The van der Waals surface area contributed by atoms with Gasteiger partial charge >= 0.3 is 5.97 Å². The first-order chi connectivity index (χ1) is 7.66. The summed E-state index contributed by atoms with van der Waals surface area (Å²) in [6.07, 6.45) is 1.36. The zero-order valence-electron chi connectivity index (χ0n) is 8.18. The molecule has 4 nitrogen and oxygen atoms in total. The van der Waals surface area contributed by atoms with Crippen molar-refractivity contribution in [3.8, 4) is 11.1 Å². The van der Waals surface area contributed by atoms with Crippen LogP contribution in [-0.4, -0.2) is 16.2 Å². The second-order valence-corrected chi connectivity index (χ2v) is 4.16. The lowest BCUT2D eigenvalue weighted by Gasteiger charge is -1.99. The van der Waals surface area contributed by atoms with Crippen LogP contribution in [0.4, 0.5) is 0 Å². The molecule has 0 radical (unpaired) electrons. The van der Waals surface area contributed by atoms with Gasteiger partial charge in [-0.05, 0) is 17.7 Å². The summed E-state index contributed by atoms with van der Waals surface area (Å²) in [5.74, 6) is -0.571. The van der Waals surface area contributed by atoms with E-state index in [2.05, 4.69) is 21.1 Å². The fraction of sp³-hybridized carbons (Fsp3) is 0.0909. The van der Waals surface area contributed by atoms with Gasteiger partial charge in [-0.25, -0.2) is 0 Å². The first-order valence-electron chi connectivity index (χ1n) is 4.58. The molecule has 0 atom stereocenters. The van der Waals surface area contributed by atoms with Crippen LogP contribution in [0.1, 0.15) is 5.76 Å². The first-order valence-corrected chi connectivity index (χ1v) is 5.37. The number of hydrogen-bond donors (Lipinski definition) is 1. The van der Waals surface area contributed by atoms with Gasteiger partial charge in [0.1, 0.15) is 6.42 Å². The summed E-state index contributed by atoms with van der Waals surface area (Å²) in [5.41, 5.74) is 1.59. The number of aliphatic carboxylic acids is 1. The van der Waals surface area contributed by atoms with Crippen molar-refractivity contribution < 1.29 is 14.4 Å². The molecular weight excluding hydrogens is 274 g/mol. The summed E-state index contributed by atoms with van der Waals surface area (Å²) in [4.78, 5) is 10.6. The first kappa shape index (κ1) is 10.9. The molecular formula is C11H8BrNO3. The summed E-state index contributed by atoms with van der Waals surface area (Å²) in [5, 5.41) is 12.3. The van der Waals surface area contributed by atoms with Gasteiger partial charge in [-0.15, -0.1) is 0 Å². The molecule has 16 heavy (non-hydrogen) atoms. The number of halogens is 1. The van der Waals surface area contributed by atoms with Crippen molar-refractivity contribution in [2.24, 2.45) is 0 Å². The van der Waals surface area contributed by atoms with Crippen LogP contribution in [0.3, 0.4) is 0 Å². The number of carboxylic acid groups (broad SMARTS) is 1. The highest BCUT2D eigenvalue weighted by Crippen LogP contribution is 2.26. The highest BCUT2D eigenvalue weighted by Gasteiger charge is 2.13. The Morgan fingerprint density at radius 1 is 1.50 bits per heavy atom. The average Bonchev–Trinajstić information content (AvgIpc) is 2.65. The van der Waals surface area contributed by atoms with E-state index in [9.17, 15) is 4.79 Å². The molecule has 5 heteroatoms. The zero-order chi connectivity index (χ0) is 11.5. The second-order valence-electron chi connectivity index (χ2n) is 3.24. The quantitative estimate of drug-likeness (QED) is 0.940. The molecule has 0 unspecified atom stereocenters. The Morgan fingerprint density at radius 3 is 3.00 bits per heavy atom. The molecule has 1 heterocycles. The third-order valence-corrected chi connectivity index (χ3v) is 2.59. The standard InChI is InChI=1S/C11H8BrNO3/c12-8-3-1-2-7(4-8)9-6-13-16-10(9)5-11(14)15/h1-4,6H,5H2,(H,14,15). The van der Waals surface area contributed by atoms with E-state index in [1.54, 1.807) is 0 Å². The van der Waals surface area contributed by atoms with Crippen LogP contribution in [0.15, 0.2) is 39.5 Å². The van der Waals surface area contributed by atoms with Crippen LogP contribution in [-0.2, 0) is 11.2 Å². The molecule has 2 rings (SSSR count). The average molecular weight is 282 g/mol. The molecule has 0 saturated carbocycles. The predicted octanol–water partition coefficient (Wildman–Crippen LogP) is 2.73. The Labute approximate surface area is 100 Å². The van der Waals surface area contributed by atoms with Crippen LogP contribution in [0.5, 0.6) is 0 Å². The van der Waals surface area contributed by atoms with Crippen LogP contribution >= 0.6 is 15.9 Å². The second kappa shape index (κ2) is 4.49. The molecule has 0 bridgehead atoms. The van der Waals surface area contributed by atoms with Crippen molar-refractivity contribution in [3.05, 3.63) is 40.7 Å². The number of nitrogens with zero attached hydrogens (tertiary/aromatic N) is 1. The Morgan fingerprint density at radius 2 is 2.31 bits per heavy atom. The highest BCUT2D eigenvalue weighted by molar-refractivity contribution is 9.10. The largest absolute Gasteiger partial charge is 0.481 e. The highest BCUT2D eigenvalue weighted by atomic mass is 79.9. The van der Waals surface area contributed by atoms with Gasteiger partial charge in [-0.2, -0.15) is 0 Å². The van der Waals surface area contributed by atoms with Crippen molar-refractivity contribution >= 4 is 21.9 Å². The maximum absolute atomic E-state index is 10.6. The van der Waals surface area contributed by atoms with Crippen LogP contribution in [0, 0.1) is 0 Å². The zero-order valence-corrected chi connectivity index (χ0v) is 9.77. The normalized spacial score (nSPS) is 10.3. The molecule has 1 aromatic carbocycles. The molecule has 0 saturated heterocycles. The summed E-state index contributed by atoms with van der Waals surface area (Å²) in [7, 11) is 0. The SMILES string of the molecule is O=C(O)Cc1oncc1-c1cccc(Br)c1. The summed E-state index contributed by atoms with van der Waals surface area (Å²) in [6, 6.07) is 7.53. The fourth-order valence-corrected chi connectivity index (χ4v) is 1.82. The topological polar surface area (TPSA) is 63.3 Å². The van der Waals surface area contributed by atoms with Gasteiger partial charge in [0.25, 0.3) is 0 Å². The number of carbonyl (C=O) groups is 1. The Bertz CT molecular complexity index is 521. The Balaban J connectivity index is 2.40. The maximum atomic E-state index is 10.6. The van der Waals surface area contributed by atoms with E-state index < -0.39 is 5.97 Å². The smallest absolute Gasteiger partial charge is 0.311 e. The van der Waals surface area contributed by atoms with Gasteiger partial charge in [0, 0.05) is 10.0 Å². The van der Waals surface area contributed by atoms with Gasteiger partial charge in [-0.3, -0.25) is 4.79 Å². The fourth-order valence-electron chi connectivity index (χ4n) is 1.42. The number of hydrogen-bond acceptors (Lipinski definition) is 3. The molecule has 2 aromatic rings. The molecule has 1 N–H and O–H groups in total. The maximum Gasteiger partial charge on any atom is 0.311 e. The van der Waals surface area contributed by atoms with E-state index in [-0.39, 0.29) is 6.42 Å². The minimum absolute atomic E-state index is 0.165. The summed E-state index contributed by atoms with van der Waals surface area (Å²) in [6.45, 7) is 0. The van der Waals surface area contributed by atoms with Crippen LogP contribution < -0.4 is 0 Å². The third-order valence-electron chi connectivity index (χ3n) is 2.09. The van der Waals surface area contributed by atoms with Gasteiger partial charge < -0.3 is 9.63 Å². The van der Waals surface area contributed by atoms with Crippen LogP contribution in [0.2, 0.25) is 0 Å². The lowest BCUT2D eigenvalue weighted by molar-refractivity contribution is -0.136. The molecule has 0 aliphatic carbocycles. The van der Waals surface area contributed by atoms with E-state index in [0.717, 1.165) is 10.0 Å².